The van der Waals surface area contributed by atoms with Gasteiger partial charge in [0, 0.05) is 18.5 Å². The molecule has 0 amide bonds. The highest BCUT2D eigenvalue weighted by molar-refractivity contribution is 7.14. The highest BCUT2D eigenvalue weighted by Gasteiger charge is 2.36. The van der Waals surface area contributed by atoms with Crippen molar-refractivity contribution in [2.45, 2.75) is 0 Å². The Hall–Kier alpha value is -0.580. The smallest absolute Gasteiger partial charge is 0.0882 e. The molecular formula is C9H14N2OS. The van der Waals surface area contributed by atoms with Crippen molar-refractivity contribution in [3.63, 3.8) is 0 Å². The van der Waals surface area contributed by atoms with Crippen molar-refractivity contribution < 1.29 is 4.74 Å². The zero-order valence-electron chi connectivity index (χ0n) is 7.45. The molecule has 0 radical (unpaired) electrons. The van der Waals surface area contributed by atoms with E-state index in [1.165, 1.54) is 5.00 Å². The second-order valence-electron chi connectivity index (χ2n) is 3.53. The Labute approximate surface area is 81.9 Å². The van der Waals surface area contributed by atoms with Gasteiger partial charge in [0.05, 0.1) is 18.2 Å². The molecule has 2 heterocycles. The summed E-state index contributed by atoms with van der Waals surface area (Å²) in [5, 5.41) is 6.65. The average molecular weight is 198 g/mol. The van der Waals surface area contributed by atoms with Gasteiger partial charge in [-0.25, -0.2) is 0 Å². The van der Waals surface area contributed by atoms with Gasteiger partial charge in [-0.15, -0.1) is 11.3 Å². The highest BCUT2D eigenvalue weighted by atomic mass is 32.1. The maximum Gasteiger partial charge on any atom is 0.0882 e. The molecule has 0 spiro atoms. The first kappa shape index (κ1) is 8.99. The molecule has 1 aliphatic heterocycles. The standard InChI is InChI=1S/C9H14N2OS/c10-4-9(6-12-7-9)5-11-8-2-1-3-13-8/h1-3,11H,4-7,10H2. The van der Waals surface area contributed by atoms with E-state index in [1.807, 2.05) is 6.07 Å². The van der Waals surface area contributed by atoms with Gasteiger partial charge < -0.3 is 15.8 Å². The minimum Gasteiger partial charge on any atom is -0.380 e. The zero-order chi connectivity index (χ0) is 9.15. The van der Waals surface area contributed by atoms with Gasteiger partial charge in [-0.05, 0) is 17.5 Å². The Morgan fingerprint density at radius 2 is 2.46 bits per heavy atom. The molecule has 1 aromatic heterocycles. The maximum absolute atomic E-state index is 5.69. The Morgan fingerprint density at radius 1 is 1.62 bits per heavy atom. The van der Waals surface area contributed by atoms with Gasteiger partial charge in [0.2, 0.25) is 0 Å². The minimum absolute atomic E-state index is 0.185. The number of ether oxygens (including phenoxy) is 1. The lowest BCUT2D eigenvalue weighted by atomic mass is 9.86. The fourth-order valence-electron chi connectivity index (χ4n) is 1.34. The number of nitrogens with two attached hydrogens (primary N) is 1. The van der Waals surface area contributed by atoms with Gasteiger partial charge >= 0.3 is 0 Å². The molecule has 3 nitrogen and oxygen atoms in total. The Balaban J connectivity index is 1.84. The third-order valence-electron chi connectivity index (χ3n) is 2.41. The van der Waals surface area contributed by atoms with Gasteiger partial charge in [-0.2, -0.15) is 0 Å². The summed E-state index contributed by atoms with van der Waals surface area (Å²) >= 11 is 1.72. The second-order valence-corrected chi connectivity index (χ2v) is 4.48. The first-order chi connectivity index (χ1) is 6.35. The highest BCUT2D eigenvalue weighted by Crippen LogP contribution is 2.27. The summed E-state index contributed by atoms with van der Waals surface area (Å²) in [6.45, 7) is 3.21. The van der Waals surface area contributed by atoms with E-state index in [0.29, 0.717) is 6.54 Å². The van der Waals surface area contributed by atoms with Crippen molar-refractivity contribution in [3.05, 3.63) is 17.5 Å². The maximum atomic E-state index is 5.69. The lowest BCUT2D eigenvalue weighted by Gasteiger charge is -2.40. The van der Waals surface area contributed by atoms with Crippen LogP contribution < -0.4 is 11.1 Å². The molecule has 0 saturated carbocycles. The number of nitrogens with one attached hydrogen (secondary N) is 1. The van der Waals surface area contributed by atoms with E-state index in [-0.39, 0.29) is 5.41 Å². The van der Waals surface area contributed by atoms with E-state index in [2.05, 4.69) is 16.8 Å². The van der Waals surface area contributed by atoms with E-state index in [0.717, 1.165) is 19.8 Å². The molecule has 0 aromatic carbocycles. The first-order valence-electron chi connectivity index (χ1n) is 4.40. The molecule has 3 N–H and O–H groups in total. The number of hydrogen-bond donors (Lipinski definition) is 2. The van der Waals surface area contributed by atoms with Crippen molar-refractivity contribution in [2.24, 2.45) is 11.1 Å². The van der Waals surface area contributed by atoms with Crippen LogP contribution >= 0.6 is 11.3 Å². The van der Waals surface area contributed by atoms with E-state index < -0.39 is 0 Å². The third-order valence-corrected chi connectivity index (χ3v) is 3.24. The van der Waals surface area contributed by atoms with Crippen LogP contribution in [0.4, 0.5) is 5.00 Å². The quantitative estimate of drug-likeness (QED) is 0.762. The van der Waals surface area contributed by atoms with Crippen LogP contribution in [0, 0.1) is 5.41 Å². The average Bonchev–Trinajstić information content (AvgIpc) is 2.56. The van der Waals surface area contributed by atoms with Gasteiger partial charge in [-0.1, -0.05) is 0 Å². The summed E-state index contributed by atoms with van der Waals surface area (Å²) in [6, 6.07) is 4.12. The topological polar surface area (TPSA) is 47.3 Å². The van der Waals surface area contributed by atoms with E-state index >= 15 is 0 Å². The lowest BCUT2D eigenvalue weighted by Crippen LogP contribution is -2.52. The van der Waals surface area contributed by atoms with Crippen molar-refractivity contribution >= 4 is 16.3 Å². The fourth-order valence-corrected chi connectivity index (χ4v) is 1.95. The van der Waals surface area contributed by atoms with E-state index in [9.17, 15) is 0 Å². The first-order valence-corrected chi connectivity index (χ1v) is 5.28. The lowest BCUT2D eigenvalue weighted by molar-refractivity contribution is -0.0979. The normalized spacial score (nSPS) is 19.5. The number of hydrogen-bond acceptors (Lipinski definition) is 4. The zero-order valence-corrected chi connectivity index (χ0v) is 8.27. The largest absolute Gasteiger partial charge is 0.380 e. The van der Waals surface area contributed by atoms with Crippen molar-refractivity contribution in [2.75, 3.05) is 31.6 Å². The summed E-state index contributed by atoms with van der Waals surface area (Å²) in [5.41, 5.74) is 5.88. The molecule has 72 valence electrons. The molecule has 4 heteroatoms. The number of anilines is 1. The van der Waals surface area contributed by atoms with Crippen LogP contribution in [0.3, 0.4) is 0 Å². The second kappa shape index (κ2) is 3.65. The molecule has 1 fully saturated rings. The molecule has 13 heavy (non-hydrogen) atoms. The van der Waals surface area contributed by atoms with Crippen LogP contribution in [-0.4, -0.2) is 26.3 Å². The third kappa shape index (κ3) is 1.85. The van der Waals surface area contributed by atoms with Crippen molar-refractivity contribution in [1.82, 2.24) is 0 Å². The molecule has 1 saturated heterocycles. The van der Waals surface area contributed by atoms with Gasteiger partial charge in [0.15, 0.2) is 0 Å². The predicted octanol–water partition coefficient (Wildman–Crippen LogP) is 1.14. The molecule has 1 aliphatic rings. The summed E-state index contributed by atoms with van der Waals surface area (Å²) in [4.78, 5) is 0. The molecule has 0 atom stereocenters. The van der Waals surface area contributed by atoms with Crippen LogP contribution in [0.5, 0.6) is 0 Å². The number of rotatable bonds is 4. The van der Waals surface area contributed by atoms with Crippen LogP contribution in [0.2, 0.25) is 0 Å². The molecule has 0 aliphatic carbocycles. The summed E-state index contributed by atoms with van der Waals surface area (Å²) in [7, 11) is 0. The molecular weight excluding hydrogens is 184 g/mol. The minimum atomic E-state index is 0.185. The van der Waals surface area contributed by atoms with Crippen LogP contribution in [0.15, 0.2) is 17.5 Å². The van der Waals surface area contributed by atoms with E-state index in [4.69, 9.17) is 10.5 Å². The molecule has 0 bridgehead atoms. The fraction of sp³-hybridized carbons (Fsp3) is 0.556. The Morgan fingerprint density at radius 3 is 2.92 bits per heavy atom. The van der Waals surface area contributed by atoms with Crippen molar-refractivity contribution in [3.8, 4) is 0 Å². The Bertz CT molecular complexity index is 251. The molecule has 0 unspecified atom stereocenters. The van der Waals surface area contributed by atoms with Crippen LogP contribution in [0.1, 0.15) is 0 Å². The monoisotopic (exact) mass is 198 g/mol. The summed E-state index contributed by atoms with van der Waals surface area (Å²) in [6.07, 6.45) is 0. The predicted molar refractivity (Wildman–Crippen MR) is 55.1 cm³/mol. The molecule has 2 rings (SSSR count). The summed E-state index contributed by atoms with van der Waals surface area (Å²) < 4.78 is 5.18. The molecule has 1 aromatic rings. The number of thiophene rings is 1. The van der Waals surface area contributed by atoms with E-state index in [1.54, 1.807) is 11.3 Å². The van der Waals surface area contributed by atoms with Gasteiger partial charge in [0.1, 0.15) is 0 Å². The van der Waals surface area contributed by atoms with Crippen LogP contribution in [0.25, 0.3) is 0 Å². The Kier molecular flexibility index (Phi) is 2.53. The van der Waals surface area contributed by atoms with Gasteiger partial charge in [-0.3, -0.25) is 0 Å². The summed E-state index contributed by atoms with van der Waals surface area (Å²) in [5.74, 6) is 0. The van der Waals surface area contributed by atoms with Crippen LogP contribution in [-0.2, 0) is 4.74 Å². The van der Waals surface area contributed by atoms with Crippen molar-refractivity contribution in [1.29, 1.82) is 0 Å². The SMILES string of the molecule is NCC1(CNc2cccs2)COC1. The van der Waals surface area contributed by atoms with Gasteiger partial charge in [0.25, 0.3) is 0 Å².